The summed E-state index contributed by atoms with van der Waals surface area (Å²) in [4.78, 5) is 0. The molecule has 0 heterocycles. The number of ether oxygens (including phenoxy) is 2. The lowest BCUT2D eigenvalue weighted by atomic mass is 9.84. The lowest BCUT2D eigenvalue weighted by molar-refractivity contribution is -0.128. The van der Waals surface area contributed by atoms with Crippen LogP contribution in [0.2, 0.25) is 0 Å². The van der Waals surface area contributed by atoms with Crippen molar-refractivity contribution in [2.75, 3.05) is 0 Å². The Bertz CT molecular complexity index is 854. The van der Waals surface area contributed by atoms with Gasteiger partial charge in [0.15, 0.2) is 0 Å². The van der Waals surface area contributed by atoms with Gasteiger partial charge in [0.05, 0.1) is 12.0 Å². The van der Waals surface area contributed by atoms with Crippen molar-refractivity contribution < 1.29 is 9.47 Å². The molecule has 29 heavy (non-hydrogen) atoms. The van der Waals surface area contributed by atoms with Crippen LogP contribution in [0.4, 0.5) is 0 Å². The fourth-order valence-corrected chi connectivity index (χ4v) is 3.37. The molecule has 0 saturated carbocycles. The smallest absolute Gasteiger partial charge is 0.209 e. The van der Waals surface area contributed by atoms with Crippen molar-refractivity contribution >= 4 is 0 Å². The molecule has 0 aliphatic carbocycles. The van der Waals surface area contributed by atoms with Crippen LogP contribution in [0, 0.1) is 0 Å². The molecule has 0 N–H and O–H groups in total. The summed E-state index contributed by atoms with van der Waals surface area (Å²) in [6.45, 7) is 9.31. The van der Waals surface area contributed by atoms with Crippen molar-refractivity contribution in [3.63, 3.8) is 0 Å². The number of benzene rings is 3. The molecule has 2 unspecified atom stereocenters. The third-order valence-corrected chi connectivity index (χ3v) is 5.66. The molecular weight excluding hydrogens is 356 g/mol. The van der Waals surface area contributed by atoms with Crippen LogP contribution in [0.15, 0.2) is 84.9 Å². The molecule has 2 nitrogen and oxygen atoms in total. The Morgan fingerprint density at radius 2 is 1.38 bits per heavy atom. The summed E-state index contributed by atoms with van der Waals surface area (Å²) in [5, 5.41) is 0. The average Bonchev–Trinajstić information content (AvgIpc) is 2.77. The third kappa shape index (κ3) is 5.48. The summed E-state index contributed by atoms with van der Waals surface area (Å²) in [7, 11) is 0. The van der Waals surface area contributed by atoms with Gasteiger partial charge in [-0.05, 0) is 55.0 Å². The quantitative estimate of drug-likeness (QED) is 0.364. The van der Waals surface area contributed by atoms with E-state index in [2.05, 4.69) is 88.4 Å². The Morgan fingerprint density at radius 1 is 0.793 bits per heavy atom. The van der Waals surface area contributed by atoms with Crippen LogP contribution in [0.3, 0.4) is 0 Å². The first-order chi connectivity index (χ1) is 14.0. The summed E-state index contributed by atoms with van der Waals surface area (Å²) in [6.07, 6.45) is 0.712. The Hall–Kier alpha value is -2.58. The molecule has 0 radical (unpaired) electrons. The van der Waals surface area contributed by atoms with Gasteiger partial charge in [0.1, 0.15) is 5.75 Å². The summed E-state index contributed by atoms with van der Waals surface area (Å²) in [5.74, 6) is 1.38. The van der Waals surface area contributed by atoms with E-state index in [-0.39, 0.29) is 5.41 Å². The minimum Gasteiger partial charge on any atom is -0.464 e. The molecule has 3 aromatic carbocycles. The first kappa shape index (κ1) is 21.1. The minimum atomic E-state index is -0.417. The second kappa shape index (κ2) is 9.76. The monoisotopic (exact) mass is 388 g/mol. The van der Waals surface area contributed by atoms with Crippen molar-refractivity contribution in [3.8, 4) is 5.75 Å². The normalized spacial score (nSPS) is 13.7. The Balaban J connectivity index is 1.82. The molecule has 0 bridgehead atoms. The van der Waals surface area contributed by atoms with Crippen LogP contribution in [-0.4, -0.2) is 6.29 Å². The van der Waals surface area contributed by atoms with E-state index in [1.165, 1.54) is 11.1 Å². The maximum absolute atomic E-state index is 6.40. The van der Waals surface area contributed by atoms with Crippen LogP contribution in [0.25, 0.3) is 0 Å². The molecule has 0 aromatic heterocycles. The zero-order valence-corrected chi connectivity index (χ0v) is 18.0. The summed E-state index contributed by atoms with van der Waals surface area (Å²) >= 11 is 0. The van der Waals surface area contributed by atoms with Gasteiger partial charge in [-0.1, -0.05) is 86.6 Å². The number of rotatable bonds is 9. The molecule has 0 aliphatic heterocycles. The van der Waals surface area contributed by atoms with Crippen molar-refractivity contribution in [3.05, 3.63) is 102 Å². The van der Waals surface area contributed by atoms with Crippen molar-refractivity contribution in [2.24, 2.45) is 0 Å². The number of hydrogen-bond donors (Lipinski definition) is 0. The zero-order chi connectivity index (χ0) is 20.7. The average molecular weight is 389 g/mol. The van der Waals surface area contributed by atoms with E-state index < -0.39 is 6.29 Å². The molecule has 3 rings (SSSR count). The van der Waals surface area contributed by atoms with E-state index in [0.29, 0.717) is 12.5 Å². The van der Waals surface area contributed by atoms with E-state index >= 15 is 0 Å². The van der Waals surface area contributed by atoms with Gasteiger partial charge in [-0.25, -0.2) is 0 Å². The first-order valence-corrected chi connectivity index (χ1v) is 10.5. The predicted octanol–water partition coefficient (Wildman–Crippen LogP) is 7.10. The summed E-state index contributed by atoms with van der Waals surface area (Å²) < 4.78 is 12.7. The van der Waals surface area contributed by atoms with Gasteiger partial charge in [-0.2, -0.15) is 0 Å². The van der Waals surface area contributed by atoms with Gasteiger partial charge in [0.25, 0.3) is 0 Å². The molecule has 0 spiro atoms. The zero-order valence-electron chi connectivity index (χ0n) is 18.0. The third-order valence-electron chi connectivity index (χ3n) is 5.66. The Labute approximate surface area is 175 Å². The van der Waals surface area contributed by atoms with E-state index in [0.717, 1.165) is 17.7 Å². The van der Waals surface area contributed by atoms with Gasteiger partial charge >= 0.3 is 0 Å². The fourth-order valence-electron chi connectivity index (χ4n) is 3.37. The SMILES string of the molecule is CCC(C)c1ccc(OC(OCc2ccccc2)C(C)(C)c2ccccc2)cc1. The van der Waals surface area contributed by atoms with Gasteiger partial charge in [-0.15, -0.1) is 0 Å². The van der Waals surface area contributed by atoms with Gasteiger partial charge in [0, 0.05) is 0 Å². The van der Waals surface area contributed by atoms with Gasteiger partial charge in [0.2, 0.25) is 6.29 Å². The van der Waals surface area contributed by atoms with Crippen molar-refractivity contribution in [2.45, 2.75) is 58.3 Å². The highest BCUT2D eigenvalue weighted by atomic mass is 16.7. The maximum Gasteiger partial charge on any atom is 0.209 e. The van der Waals surface area contributed by atoms with Crippen LogP contribution in [0.1, 0.15) is 56.7 Å². The van der Waals surface area contributed by atoms with E-state index in [9.17, 15) is 0 Å². The van der Waals surface area contributed by atoms with E-state index in [1.807, 2.05) is 24.3 Å². The summed E-state index contributed by atoms with van der Waals surface area (Å²) in [5.41, 5.74) is 3.35. The van der Waals surface area contributed by atoms with E-state index in [1.54, 1.807) is 0 Å². The van der Waals surface area contributed by atoms with Crippen molar-refractivity contribution in [1.82, 2.24) is 0 Å². The van der Waals surface area contributed by atoms with Crippen molar-refractivity contribution in [1.29, 1.82) is 0 Å². The molecule has 0 aliphatic rings. The molecular formula is C27H32O2. The highest BCUT2D eigenvalue weighted by molar-refractivity contribution is 5.30. The standard InChI is InChI=1S/C27H32O2/c1-5-21(2)23-16-18-25(19-17-23)29-26(28-20-22-12-8-6-9-13-22)27(3,4)24-14-10-7-11-15-24/h6-19,21,26H,5,20H2,1-4H3. The molecule has 0 saturated heterocycles. The molecule has 2 atom stereocenters. The first-order valence-electron chi connectivity index (χ1n) is 10.5. The number of hydrogen-bond acceptors (Lipinski definition) is 2. The lowest BCUT2D eigenvalue weighted by Crippen LogP contribution is -2.40. The van der Waals surface area contributed by atoms with Crippen LogP contribution >= 0.6 is 0 Å². The van der Waals surface area contributed by atoms with Crippen LogP contribution in [-0.2, 0) is 16.8 Å². The molecule has 152 valence electrons. The molecule has 0 amide bonds. The van der Waals surface area contributed by atoms with Crippen LogP contribution < -0.4 is 4.74 Å². The topological polar surface area (TPSA) is 18.5 Å². The Morgan fingerprint density at radius 3 is 1.97 bits per heavy atom. The van der Waals surface area contributed by atoms with E-state index in [4.69, 9.17) is 9.47 Å². The highest BCUT2D eigenvalue weighted by Gasteiger charge is 2.34. The van der Waals surface area contributed by atoms with Gasteiger partial charge < -0.3 is 9.47 Å². The second-order valence-electron chi connectivity index (χ2n) is 8.21. The van der Waals surface area contributed by atoms with Crippen LogP contribution in [0.5, 0.6) is 5.75 Å². The fraction of sp³-hybridized carbons (Fsp3) is 0.333. The summed E-state index contributed by atoms with van der Waals surface area (Å²) in [6, 6.07) is 29.1. The van der Waals surface area contributed by atoms with Gasteiger partial charge in [-0.3, -0.25) is 0 Å². The predicted molar refractivity (Wildman–Crippen MR) is 120 cm³/mol. The molecule has 3 aromatic rings. The largest absolute Gasteiger partial charge is 0.464 e. The molecule has 0 fully saturated rings. The highest BCUT2D eigenvalue weighted by Crippen LogP contribution is 2.32. The molecule has 2 heteroatoms. The minimum absolute atomic E-state index is 0.314. The second-order valence-corrected chi connectivity index (χ2v) is 8.21. The lowest BCUT2D eigenvalue weighted by Gasteiger charge is -2.34. The Kier molecular flexibility index (Phi) is 7.11. The maximum atomic E-state index is 6.40.